The summed E-state index contributed by atoms with van der Waals surface area (Å²) in [6.45, 7) is 4.57. The Bertz CT molecular complexity index is 294. The molecule has 1 N–H and O–H groups in total. The molecule has 0 bridgehead atoms. The second-order valence-corrected chi connectivity index (χ2v) is 7.22. The Morgan fingerprint density at radius 2 is 1.23 bits per heavy atom. The SMILES string of the molecule is CCCCCCCCCCCCCCCCC(OCCO)C(=O)OCC. The normalized spacial score (nSPS) is 12.3. The van der Waals surface area contributed by atoms with Gasteiger partial charge in [-0.05, 0) is 13.3 Å². The molecule has 4 nitrogen and oxygen atoms in total. The van der Waals surface area contributed by atoms with Gasteiger partial charge >= 0.3 is 5.97 Å². The van der Waals surface area contributed by atoms with Crippen LogP contribution < -0.4 is 0 Å². The zero-order chi connectivity index (χ0) is 19.3. The molecule has 0 aromatic carbocycles. The molecular weight excluding hydrogens is 328 g/mol. The third kappa shape index (κ3) is 16.8. The molecule has 0 amide bonds. The lowest BCUT2D eigenvalue weighted by Gasteiger charge is -2.15. The van der Waals surface area contributed by atoms with Crippen molar-refractivity contribution in [2.24, 2.45) is 0 Å². The number of ether oxygens (including phenoxy) is 2. The van der Waals surface area contributed by atoms with E-state index in [1.54, 1.807) is 6.92 Å². The van der Waals surface area contributed by atoms with Crippen molar-refractivity contribution in [2.75, 3.05) is 19.8 Å². The summed E-state index contributed by atoms with van der Waals surface area (Å²) in [5.41, 5.74) is 0. The second kappa shape index (κ2) is 20.7. The summed E-state index contributed by atoms with van der Waals surface area (Å²) < 4.78 is 10.4. The third-order valence-electron chi connectivity index (χ3n) is 4.78. The molecule has 0 saturated heterocycles. The van der Waals surface area contributed by atoms with Crippen LogP contribution in [-0.2, 0) is 14.3 Å². The maximum atomic E-state index is 11.8. The van der Waals surface area contributed by atoms with E-state index in [0.29, 0.717) is 13.0 Å². The van der Waals surface area contributed by atoms with Crippen molar-refractivity contribution in [2.45, 2.75) is 116 Å². The van der Waals surface area contributed by atoms with Gasteiger partial charge in [-0.15, -0.1) is 0 Å². The van der Waals surface area contributed by atoms with E-state index in [2.05, 4.69) is 6.92 Å². The van der Waals surface area contributed by atoms with E-state index in [1.165, 1.54) is 77.0 Å². The van der Waals surface area contributed by atoms with Crippen LogP contribution in [0.15, 0.2) is 0 Å². The molecular formula is C22H44O4. The average Bonchev–Trinajstić information content (AvgIpc) is 2.64. The van der Waals surface area contributed by atoms with Gasteiger partial charge in [0, 0.05) is 0 Å². The Balaban J connectivity index is 3.43. The van der Waals surface area contributed by atoms with Crippen LogP contribution in [0.4, 0.5) is 0 Å². The van der Waals surface area contributed by atoms with Crippen molar-refractivity contribution in [3.05, 3.63) is 0 Å². The molecule has 0 aromatic heterocycles. The maximum Gasteiger partial charge on any atom is 0.335 e. The van der Waals surface area contributed by atoms with Gasteiger partial charge in [0.05, 0.1) is 19.8 Å². The Labute approximate surface area is 162 Å². The van der Waals surface area contributed by atoms with Crippen LogP contribution in [0.5, 0.6) is 0 Å². The Kier molecular flexibility index (Phi) is 20.2. The molecule has 0 saturated carbocycles. The predicted molar refractivity (Wildman–Crippen MR) is 108 cm³/mol. The van der Waals surface area contributed by atoms with Crippen LogP contribution in [0.3, 0.4) is 0 Å². The molecule has 0 heterocycles. The summed E-state index contributed by atoms with van der Waals surface area (Å²) in [4.78, 5) is 11.8. The van der Waals surface area contributed by atoms with Crippen molar-refractivity contribution in [1.29, 1.82) is 0 Å². The fraction of sp³-hybridized carbons (Fsp3) is 0.955. The van der Waals surface area contributed by atoms with Crippen LogP contribution in [0.2, 0.25) is 0 Å². The van der Waals surface area contributed by atoms with E-state index in [4.69, 9.17) is 14.6 Å². The van der Waals surface area contributed by atoms with E-state index in [-0.39, 0.29) is 19.2 Å². The average molecular weight is 373 g/mol. The van der Waals surface area contributed by atoms with E-state index < -0.39 is 6.10 Å². The number of esters is 1. The number of aliphatic hydroxyl groups excluding tert-OH is 1. The first-order valence-corrected chi connectivity index (χ1v) is 11.1. The van der Waals surface area contributed by atoms with E-state index >= 15 is 0 Å². The minimum atomic E-state index is -0.514. The number of hydrogen-bond acceptors (Lipinski definition) is 4. The van der Waals surface area contributed by atoms with Crippen LogP contribution in [0.25, 0.3) is 0 Å². The van der Waals surface area contributed by atoms with Gasteiger partial charge in [-0.2, -0.15) is 0 Å². The highest BCUT2D eigenvalue weighted by Crippen LogP contribution is 2.14. The first-order chi connectivity index (χ1) is 12.8. The van der Waals surface area contributed by atoms with E-state index in [0.717, 1.165) is 12.8 Å². The van der Waals surface area contributed by atoms with Crippen LogP contribution in [0.1, 0.15) is 110 Å². The third-order valence-corrected chi connectivity index (χ3v) is 4.78. The second-order valence-electron chi connectivity index (χ2n) is 7.22. The lowest BCUT2D eigenvalue weighted by molar-refractivity contribution is -0.157. The van der Waals surface area contributed by atoms with Gasteiger partial charge in [0.25, 0.3) is 0 Å². The van der Waals surface area contributed by atoms with Gasteiger partial charge in [-0.3, -0.25) is 0 Å². The largest absolute Gasteiger partial charge is 0.464 e. The van der Waals surface area contributed by atoms with Crippen molar-refractivity contribution >= 4 is 5.97 Å². The maximum absolute atomic E-state index is 11.8. The summed E-state index contributed by atoms with van der Waals surface area (Å²) in [6, 6.07) is 0. The molecule has 1 unspecified atom stereocenters. The minimum Gasteiger partial charge on any atom is -0.464 e. The molecule has 0 rings (SSSR count). The molecule has 1 atom stereocenters. The molecule has 0 fully saturated rings. The number of hydrogen-bond donors (Lipinski definition) is 1. The Hall–Kier alpha value is -0.610. The monoisotopic (exact) mass is 372 g/mol. The standard InChI is InChI=1S/C22H44O4/c1-3-5-6-7-8-9-10-11-12-13-14-15-16-17-18-21(26-20-19-23)22(24)25-4-2/h21,23H,3-20H2,1-2H3. The van der Waals surface area contributed by atoms with Crippen molar-refractivity contribution in [1.82, 2.24) is 0 Å². The molecule has 0 radical (unpaired) electrons. The van der Waals surface area contributed by atoms with E-state index in [9.17, 15) is 4.79 Å². The topological polar surface area (TPSA) is 55.8 Å². The molecule has 4 heteroatoms. The minimum absolute atomic E-state index is 0.0609. The Morgan fingerprint density at radius 1 is 0.769 bits per heavy atom. The van der Waals surface area contributed by atoms with Gasteiger partial charge in [0.15, 0.2) is 6.10 Å². The smallest absolute Gasteiger partial charge is 0.335 e. The van der Waals surface area contributed by atoms with E-state index in [1.807, 2.05) is 0 Å². The number of carbonyl (C=O) groups excluding carboxylic acids is 1. The zero-order valence-corrected chi connectivity index (χ0v) is 17.5. The quantitative estimate of drug-likeness (QED) is 0.217. The fourth-order valence-electron chi connectivity index (χ4n) is 3.22. The molecule has 0 aliphatic rings. The summed E-state index contributed by atoms with van der Waals surface area (Å²) >= 11 is 0. The van der Waals surface area contributed by atoms with Crippen LogP contribution in [-0.4, -0.2) is 37.0 Å². The molecule has 0 aliphatic carbocycles. The predicted octanol–water partition coefficient (Wildman–Crippen LogP) is 5.80. The lowest BCUT2D eigenvalue weighted by Crippen LogP contribution is -2.27. The highest BCUT2D eigenvalue weighted by atomic mass is 16.6. The Morgan fingerprint density at radius 3 is 1.65 bits per heavy atom. The fourth-order valence-corrected chi connectivity index (χ4v) is 3.22. The van der Waals surface area contributed by atoms with Gasteiger partial charge in [-0.1, -0.05) is 96.8 Å². The van der Waals surface area contributed by atoms with Gasteiger partial charge in [0.1, 0.15) is 0 Å². The van der Waals surface area contributed by atoms with Gasteiger partial charge in [0.2, 0.25) is 0 Å². The molecule has 26 heavy (non-hydrogen) atoms. The number of rotatable bonds is 20. The van der Waals surface area contributed by atoms with Crippen LogP contribution >= 0.6 is 0 Å². The highest BCUT2D eigenvalue weighted by molar-refractivity contribution is 5.74. The number of aliphatic hydroxyl groups is 1. The number of carbonyl (C=O) groups is 1. The van der Waals surface area contributed by atoms with Crippen molar-refractivity contribution in [3.8, 4) is 0 Å². The van der Waals surface area contributed by atoms with Crippen molar-refractivity contribution in [3.63, 3.8) is 0 Å². The van der Waals surface area contributed by atoms with Crippen LogP contribution in [0, 0.1) is 0 Å². The van der Waals surface area contributed by atoms with Gasteiger partial charge in [-0.25, -0.2) is 4.79 Å². The summed E-state index contributed by atoms with van der Waals surface area (Å²) in [7, 11) is 0. The molecule has 156 valence electrons. The summed E-state index contributed by atoms with van der Waals surface area (Å²) in [6.07, 6.45) is 18.7. The molecule has 0 aliphatic heterocycles. The van der Waals surface area contributed by atoms with Gasteiger partial charge < -0.3 is 14.6 Å². The molecule has 0 spiro atoms. The molecule has 0 aromatic rings. The van der Waals surface area contributed by atoms with Crippen molar-refractivity contribution < 1.29 is 19.4 Å². The summed E-state index contributed by atoms with van der Waals surface area (Å²) in [5.74, 6) is -0.296. The first-order valence-electron chi connectivity index (χ1n) is 11.1. The number of unbranched alkanes of at least 4 members (excludes halogenated alkanes) is 13. The zero-order valence-electron chi connectivity index (χ0n) is 17.5. The summed E-state index contributed by atoms with van der Waals surface area (Å²) in [5, 5.41) is 8.84. The highest BCUT2D eigenvalue weighted by Gasteiger charge is 2.19. The lowest BCUT2D eigenvalue weighted by atomic mass is 10.0. The first kappa shape index (κ1) is 25.4.